The molecule has 0 saturated carbocycles. The standard InChI is InChI=1S/2C12H26O5.C4H6O5/c1-9(14)6-15-11(3)8-17-12(4)7-16-10(2)5-13;1-2-3-4-12(14)11-17-10-9-16-8-7-15-6-5-13;5-2(4(8)9)1-3(6)7/h9-14H,5-8H2,1-4H3;12-14H,2-11H2,1H3;2,5H,1H2,(H,6,7)(H,8,9). The predicted octanol–water partition coefficient (Wildman–Crippen LogP) is 0.0610. The number of hydrogen-bond acceptors (Lipinski definition) is 13. The Kier molecular flexibility index (Phi) is 35.7. The Morgan fingerprint density at radius 2 is 1.16 bits per heavy atom. The maximum absolute atomic E-state index is 9.72. The molecule has 0 rings (SSSR count). The number of unbranched alkanes of at least 4 members (excludes halogenated alkanes) is 1. The highest BCUT2D eigenvalue weighted by molar-refractivity contribution is 5.79. The lowest BCUT2D eigenvalue weighted by Gasteiger charge is -2.19. The lowest BCUT2D eigenvalue weighted by atomic mass is 10.2. The lowest BCUT2D eigenvalue weighted by Crippen LogP contribution is -2.27. The van der Waals surface area contributed by atoms with Crippen molar-refractivity contribution in [1.82, 2.24) is 0 Å². The highest BCUT2D eigenvalue weighted by Gasteiger charge is 2.16. The molecule has 43 heavy (non-hydrogen) atoms. The normalized spacial score (nSPS) is 15.1. The number of aliphatic carboxylic acids is 2. The minimum atomic E-state index is -1.79. The molecule has 0 amide bonds. The van der Waals surface area contributed by atoms with E-state index in [-0.39, 0.29) is 37.6 Å². The molecule has 0 aromatic rings. The summed E-state index contributed by atoms with van der Waals surface area (Å²) >= 11 is 0. The van der Waals surface area contributed by atoms with Crippen molar-refractivity contribution in [2.75, 3.05) is 72.7 Å². The number of carbonyl (C=O) groups is 2. The van der Waals surface area contributed by atoms with Gasteiger partial charge in [0, 0.05) is 0 Å². The van der Waals surface area contributed by atoms with E-state index in [4.69, 9.17) is 59.1 Å². The molecule has 15 heteroatoms. The Balaban J connectivity index is -0.000000586. The average molecular weight is 635 g/mol. The van der Waals surface area contributed by atoms with E-state index in [0.29, 0.717) is 59.5 Å². The van der Waals surface area contributed by atoms with Crippen molar-refractivity contribution in [3.8, 4) is 0 Å². The van der Waals surface area contributed by atoms with Crippen molar-refractivity contribution in [2.24, 2.45) is 0 Å². The second-order valence-electron chi connectivity index (χ2n) is 9.73. The van der Waals surface area contributed by atoms with Crippen LogP contribution in [-0.2, 0) is 38.0 Å². The van der Waals surface area contributed by atoms with Crippen molar-refractivity contribution in [2.45, 2.75) is 96.9 Å². The summed E-state index contributed by atoms with van der Waals surface area (Å²) in [7, 11) is 0. The summed E-state index contributed by atoms with van der Waals surface area (Å²) < 4.78 is 31.7. The molecule has 0 aromatic heterocycles. The molecule has 15 nitrogen and oxygen atoms in total. The third-order valence-electron chi connectivity index (χ3n) is 4.94. The van der Waals surface area contributed by atoms with Crippen LogP contribution in [0.3, 0.4) is 0 Å². The fourth-order valence-electron chi connectivity index (χ4n) is 2.55. The number of ether oxygens (including phenoxy) is 6. The van der Waals surface area contributed by atoms with Crippen LogP contribution < -0.4 is 0 Å². The number of carboxylic acids is 2. The predicted molar refractivity (Wildman–Crippen MR) is 156 cm³/mol. The molecular formula is C28H58O15. The molecule has 0 saturated heterocycles. The Morgan fingerprint density at radius 1 is 0.674 bits per heavy atom. The van der Waals surface area contributed by atoms with Gasteiger partial charge in [-0.2, -0.15) is 0 Å². The van der Waals surface area contributed by atoms with Gasteiger partial charge in [0.05, 0.1) is 110 Å². The summed E-state index contributed by atoms with van der Waals surface area (Å²) in [5.41, 5.74) is 0. The van der Waals surface area contributed by atoms with Gasteiger partial charge in [-0.15, -0.1) is 0 Å². The van der Waals surface area contributed by atoms with Gasteiger partial charge in [-0.3, -0.25) is 4.79 Å². The van der Waals surface area contributed by atoms with E-state index in [1.54, 1.807) is 13.8 Å². The zero-order valence-electron chi connectivity index (χ0n) is 26.5. The summed E-state index contributed by atoms with van der Waals surface area (Å²) in [6.45, 7) is 13.4. The van der Waals surface area contributed by atoms with Crippen molar-refractivity contribution in [1.29, 1.82) is 0 Å². The minimum Gasteiger partial charge on any atom is -0.481 e. The highest BCUT2D eigenvalue weighted by Crippen LogP contribution is 2.01. The maximum Gasteiger partial charge on any atom is 0.333 e. The van der Waals surface area contributed by atoms with Crippen LogP contribution in [0, 0.1) is 0 Å². The number of aliphatic hydroxyl groups is 5. The summed E-state index contributed by atoms with van der Waals surface area (Å²) in [6.07, 6.45) is -0.693. The summed E-state index contributed by atoms with van der Waals surface area (Å²) in [4.78, 5) is 19.4. The highest BCUT2D eigenvalue weighted by atomic mass is 16.6. The van der Waals surface area contributed by atoms with Crippen LogP contribution in [-0.4, -0.2) is 157 Å². The molecule has 0 aliphatic heterocycles. The molecule has 0 aliphatic carbocycles. The Morgan fingerprint density at radius 3 is 1.58 bits per heavy atom. The first-order chi connectivity index (χ1) is 20.3. The van der Waals surface area contributed by atoms with Gasteiger partial charge >= 0.3 is 11.9 Å². The van der Waals surface area contributed by atoms with Crippen LogP contribution in [0.4, 0.5) is 0 Å². The second-order valence-corrected chi connectivity index (χ2v) is 9.73. The number of aliphatic hydroxyl groups excluding tert-OH is 5. The van der Waals surface area contributed by atoms with Gasteiger partial charge in [0.2, 0.25) is 0 Å². The van der Waals surface area contributed by atoms with Crippen LogP contribution in [0.25, 0.3) is 0 Å². The minimum absolute atomic E-state index is 0.0145. The van der Waals surface area contributed by atoms with E-state index in [1.165, 1.54) is 0 Å². The fourth-order valence-corrected chi connectivity index (χ4v) is 2.55. The van der Waals surface area contributed by atoms with Gasteiger partial charge in [0.1, 0.15) is 0 Å². The third kappa shape index (κ3) is 40.5. The van der Waals surface area contributed by atoms with Gasteiger partial charge in [0.15, 0.2) is 6.10 Å². The average Bonchev–Trinajstić information content (AvgIpc) is 2.95. The van der Waals surface area contributed by atoms with E-state index in [0.717, 1.165) is 19.3 Å². The molecule has 0 aliphatic rings. The Labute approximate surface area is 255 Å². The first kappa shape index (κ1) is 45.9. The van der Waals surface area contributed by atoms with Gasteiger partial charge < -0.3 is 64.2 Å². The van der Waals surface area contributed by atoms with E-state index >= 15 is 0 Å². The largest absolute Gasteiger partial charge is 0.481 e. The van der Waals surface area contributed by atoms with Crippen molar-refractivity contribution in [3.63, 3.8) is 0 Å². The van der Waals surface area contributed by atoms with Crippen molar-refractivity contribution < 1.29 is 73.8 Å². The zero-order chi connectivity index (χ0) is 33.5. The second kappa shape index (κ2) is 33.4. The van der Waals surface area contributed by atoms with Crippen LogP contribution in [0.1, 0.15) is 60.3 Å². The number of rotatable bonds is 26. The van der Waals surface area contributed by atoms with Crippen LogP contribution in [0.2, 0.25) is 0 Å². The fraction of sp³-hybridized carbons (Fsp3) is 0.929. The Hall–Kier alpha value is -1.50. The monoisotopic (exact) mass is 634 g/mol. The first-order valence-corrected chi connectivity index (χ1v) is 14.6. The van der Waals surface area contributed by atoms with Crippen LogP contribution in [0.5, 0.6) is 0 Å². The molecule has 260 valence electrons. The molecule has 0 radical (unpaired) electrons. The topological polar surface area (TPSA) is 231 Å². The van der Waals surface area contributed by atoms with Gasteiger partial charge in [-0.05, 0) is 34.1 Å². The first-order valence-electron chi connectivity index (χ1n) is 14.6. The van der Waals surface area contributed by atoms with Crippen LogP contribution >= 0.6 is 0 Å². The van der Waals surface area contributed by atoms with E-state index in [2.05, 4.69) is 6.92 Å². The molecule has 7 N–H and O–H groups in total. The zero-order valence-corrected chi connectivity index (χ0v) is 26.5. The van der Waals surface area contributed by atoms with Gasteiger partial charge in [0.25, 0.3) is 0 Å². The lowest BCUT2D eigenvalue weighted by molar-refractivity contribution is -0.152. The molecule has 0 bridgehead atoms. The van der Waals surface area contributed by atoms with Crippen molar-refractivity contribution in [3.05, 3.63) is 0 Å². The van der Waals surface area contributed by atoms with Gasteiger partial charge in [-0.1, -0.05) is 19.8 Å². The van der Waals surface area contributed by atoms with Crippen molar-refractivity contribution >= 4 is 11.9 Å². The number of hydrogen-bond donors (Lipinski definition) is 7. The van der Waals surface area contributed by atoms with Gasteiger partial charge in [-0.25, -0.2) is 4.79 Å². The van der Waals surface area contributed by atoms with E-state index in [9.17, 15) is 14.7 Å². The molecule has 6 unspecified atom stereocenters. The molecule has 0 aromatic carbocycles. The number of carboxylic acid groups (broad SMARTS) is 2. The molecule has 6 atom stereocenters. The quantitative estimate of drug-likeness (QED) is 0.0624. The summed E-state index contributed by atoms with van der Waals surface area (Å²) in [6, 6.07) is 0. The van der Waals surface area contributed by atoms with E-state index in [1.807, 2.05) is 13.8 Å². The molecule has 0 spiro atoms. The molecular weight excluding hydrogens is 576 g/mol. The molecule has 0 heterocycles. The maximum atomic E-state index is 9.72. The SMILES string of the molecule is CC(O)COC(C)COC(C)COC(C)CO.CCCCC(O)COCCOCCOCCO.O=C(O)CC(O)C(=O)O. The Bertz CT molecular complexity index is 609. The molecule has 0 fully saturated rings. The smallest absolute Gasteiger partial charge is 0.333 e. The van der Waals surface area contributed by atoms with E-state index < -0.39 is 30.6 Å². The van der Waals surface area contributed by atoms with Crippen LogP contribution in [0.15, 0.2) is 0 Å². The summed E-state index contributed by atoms with van der Waals surface area (Å²) in [5, 5.41) is 59.9. The third-order valence-corrected chi connectivity index (χ3v) is 4.94. The summed E-state index contributed by atoms with van der Waals surface area (Å²) in [5.74, 6) is -2.85.